The van der Waals surface area contributed by atoms with Crippen molar-refractivity contribution in [3.63, 3.8) is 0 Å². The van der Waals surface area contributed by atoms with E-state index in [9.17, 15) is 24.0 Å². The van der Waals surface area contributed by atoms with E-state index in [2.05, 4.69) is 40.1 Å². The second-order valence-electron chi connectivity index (χ2n) is 15.8. The SMILES string of the molecule is CC(C)CCNC(=O)[C@H](Cc1c[nH]c2ccccc12)NC(=O)[C@H](CCCCN)N1C(=O)CC[C@@H](NCC(C)(C)C)C(=O)N[C@H](Cc2ccccc2)C1=O. The molecule has 1 fully saturated rings. The zero-order valence-corrected chi connectivity index (χ0v) is 32.0. The number of unbranched alkanes of at least 4 members (excludes halogenated alkanes) is 1. The van der Waals surface area contributed by atoms with Crippen LogP contribution in [0.15, 0.2) is 60.8 Å². The molecule has 53 heavy (non-hydrogen) atoms. The monoisotopic (exact) mass is 729 g/mol. The number of carbonyl (C=O) groups excluding carboxylic acids is 5. The normalized spacial score (nSPS) is 18.2. The first kappa shape index (κ1) is 41.2. The predicted molar refractivity (Wildman–Crippen MR) is 208 cm³/mol. The Labute approximate surface area is 313 Å². The first-order valence-corrected chi connectivity index (χ1v) is 19.0. The van der Waals surface area contributed by atoms with Gasteiger partial charge in [-0.25, -0.2) is 0 Å². The van der Waals surface area contributed by atoms with Crippen molar-refractivity contribution in [3.8, 4) is 0 Å². The van der Waals surface area contributed by atoms with Crippen molar-refractivity contribution in [1.82, 2.24) is 31.2 Å². The Hall–Kier alpha value is -4.55. The first-order valence-electron chi connectivity index (χ1n) is 19.0. The molecule has 5 amide bonds. The van der Waals surface area contributed by atoms with Crippen molar-refractivity contribution < 1.29 is 24.0 Å². The Balaban J connectivity index is 1.69. The van der Waals surface area contributed by atoms with Crippen LogP contribution >= 0.6 is 0 Å². The van der Waals surface area contributed by atoms with Gasteiger partial charge in [0, 0.05) is 49.5 Å². The van der Waals surface area contributed by atoms with Crippen molar-refractivity contribution >= 4 is 40.4 Å². The summed E-state index contributed by atoms with van der Waals surface area (Å²) in [6.07, 6.45) is 4.09. The van der Waals surface area contributed by atoms with Crippen LogP contribution in [0, 0.1) is 11.3 Å². The number of hydrogen-bond acceptors (Lipinski definition) is 7. The topological polar surface area (TPSA) is 179 Å². The van der Waals surface area contributed by atoms with E-state index in [1.807, 2.05) is 81.6 Å². The third kappa shape index (κ3) is 12.3. The maximum atomic E-state index is 14.6. The number of carbonyl (C=O) groups is 5. The van der Waals surface area contributed by atoms with Gasteiger partial charge in [0.15, 0.2) is 0 Å². The number of nitrogens with one attached hydrogen (secondary N) is 5. The van der Waals surface area contributed by atoms with E-state index < -0.39 is 41.9 Å². The number of para-hydroxylation sites is 1. The summed E-state index contributed by atoms with van der Waals surface area (Å²) < 4.78 is 0. The fourth-order valence-corrected chi connectivity index (χ4v) is 6.55. The Kier molecular flexibility index (Phi) is 15.2. The van der Waals surface area contributed by atoms with E-state index in [-0.39, 0.29) is 49.3 Å². The molecule has 0 unspecified atom stereocenters. The van der Waals surface area contributed by atoms with Gasteiger partial charge in [-0.15, -0.1) is 0 Å². The maximum absolute atomic E-state index is 14.6. The molecule has 0 saturated carbocycles. The van der Waals surface area contributed by atoms with E-state index in [4.69, 9.17) is 5.73 Å². The average Bonchev–Trinajstić information content (AvgIpc) is 3.53. The van der Waals surface area contributed by atoms with Gasteiger partial charge >= 0.3 is 0 Å². The van der Waals surface area contributed by atoms with Gasteiger partial charge in [0.05, 0.1) is 6.04 Å². The molecule has 0 aliphatic carbocycles. The predicted octanol–water partition coefficient (Wildman–Crippen LogP) is 3.74. The van der Waals surface area contributed by atoms with Crippen LogP contribution in [0.1, 0.15) is 84.3 Å². The molecular formula is C41H59N7O5. The summed E-state index contributed by atoms with van der Waals surface area (Å²) in [4.78, 5) is 75.1. The molecule has 12 nitrogen and oxygen atoms in total. The number of aromatic amines is 1. The summed E-state index contributed by atoms with van der Waals surface area (Å²) in [6.45, 7) is 11.6. The molecule has 288 valence electrons. The van der Waals surface area contributed by atoms with Crippen LogP contribution in [-0.2, 0) is 36.8 Å². The maximum Gasteiger partial charge on any atom is 0.252 e. The average molecular weight is 730 g/mol. The quantitative estimate of drug-likeness (QED) is 0.0906. The lowest BCUT2D eigenvalue weighted by molar-refractivity contribution is -0.154. The summed E-state index contributed by atoms with van der Waals surface area (Å²) in [6, 6.07) is 12.9. The Bertz CT molecular complexity index is 1680. The van der Waals surface area contributed by atoms with Crippen molar-refractivity contribution in [2.75, 3.05) is 19.6 Å². The molecule has 4 atom stereocenters. The number of imide groups is 1. The third-order valence-corrected chi connectivity index (χ3v) is 9.54. The number of rotatable bonds is 17. The second-order valence-corrected chi connectivity index (χ2v) is 15.8. The zero-order chi connectivity index (χ0) is 38.5. The molecule has 1 saturated heterocycles. The van der Waals surface area contributed by atoms with Crippen LogP contribution in [0.5, 0.6) is 0 Å². The molecule has 0 spiro atoms. The summed E-state index contributed by atoms with van der Waals surface area (Å²) in [7, 11) is 0. The highest BCUT2D eigenvalue weighted by atomic mass is 16.2. The van der Waals surface area contributed by atoms with Gasteiger partial charge in [-0.3, -0.25) is 28.9 Å². The molecule has 2 heterocycles. The highest BCUT2D eigenvalue weighted by Gasteiger charge is 2.41. The van der Waals surface area contributed by atoms with Crippen LogP contribution in [0.3, 0.4) is 0 Å². The van der Waals surface area contributed by atoms with Crippen LogP contribution < -0.4 is 27.0 Å². The molecule has 1 aliphatic rings. The molecular weight excluding hydrogens is 670 g/mol. The number of hydrogen-bond donors (Lipinski definition) is 6. The van der Waals surface area contributed by atoms with Crippen molar-refractivity contribution in [1.29, 1.82) is 0 Å². The lowest BCUT2D eigenvalue weighted by Gasteiger charge is -2.33. The second kappa shape index (κ2) is 19.5. The molecule has 4 rings (SSSR count). The van der Waals surface area contributed by atoms with Crippen LogP contribution in [0.2, 0.25) is 0 Å². The number of benzene rings is 2. The van der Waals surface area contributed by atoms with E-state index in [1.165, 1.54) is 0 Å². The third-order valence-electron chi connectivity index (χ3n) is 9.54. The fraction of sp³-hybridized carbons (Fsp3) is 0.537. The van der Waals surface area contributed by atoms with Gasteiger partial charge in [-0.05, 0) is 67.2 Å². The number of H-pyrrole nitrogens is 1. The lowest BCUT2D eigenvalue weighted by atomic mass is 9.96. The summed E-state index contributed by atoms with van der Waals surface area (Å²) >= 11 is 0. The van der Waals surface area contributed by atoms with E-state index in [1.54, 1.807) is 0 Å². The molecule has 7 N–H and O–H groups in total. The fourth-order valence-electron chi connectivity index (χ4n) is 6.55. The number of fused-ring (bicyclic) bond motifs is 1. The van der Waals surface area contributed by atoms with Gasteiger partial charge in [0.25, 0.3) is 5.91 Å². The minimum Gasteiger partial charge on any atom is -0.361 e. The van der Waals surface area contributed by atoms with Gasteiger partial charge in [0.2, 0.25) is 23.6 Å². The van der Waals surface area contributed by atoms with E-state index in [0.717, 1.165) is 33.4 Å². The van der Waals surface area contributed by atoms with Crippen molar-refractivity contribution in [2.45, 2.75) is 110 Å². The number of amides is 5. The largest absolute Gasteiger partial charge is 0.361 e. The smallest absolute Gasteiger partial charge is 0.252 e. The highest BCUT2D eigenvalue weighted by Crippen LogP contribution is 2.22. The Morgan fingerprint density at radius 2 is 1.68 bits per heavy atom. The van der Waals surface area contributed by atoms with Crippen LogP contribution in [0.25, 0.3) is 10.9 Å². The van der Waals surface area contributed by atoms with Crippen LogP contribution in [0.4, 0.5) is 0 Å². The Morgan fingerprint density at radius 1 is 0.962 bits per heavy atom. The number of aromatic nitrogens is 1. The molecule has 12 heteroatoms. The minimum atomic E-state index is -1.23. The molecule has 3 aromatic rings. The minimum absolute atomic E-state index is 0.125. The van der Waals surface area contributed by atoms with Gasteiger partial charge in [0.1, 0.15) is 18.1 Å². The lowest BCUT2D eigenvalue weighted by Crippen LogP contribution is -2.60. The van der Waals surface area contributed by atoms with Crippen molar-refractivity contribution in [3.05, 3.63) is 71.9 Å². The highest BCUT2D eigenvalue weighted by molar-refractivity contribution is 6.05. The van der Waals surface area contributed by atoms with Gasteiger partial charge < -0.3 is 32.0 Å². The van der Waals surface area contributed by atoms with E-state index >= 15 is 0 Å². The van der Waals surface area contributed by atoms with Gasteiger partial charge in [-0.1, -0.05) is 83.1 Å². The van der Waals surface area contributed by atoms with E-state index in [0.29, 0.717) is 38.4 Å². The molecule has 1 aliphatic heterocycles. The number of nitrogens with two attached hydrogens (primary N) is 1. The van der Waals surface area contributed by atoms with Gasteiger partial charge in [-0.2, -0.15) is 0 Å². The molecule has 1 aromatic heterocycles. The summed E-state index contributed by atoms with van der Waals surface area (Å²) in [5.41, 5.74) is 8.25. The number of nitrogens with zero attached hydrogens (tertiary/aromatic N) is 1. The zero-order valence-electron chi connectivity index (χ0n) is 32.0. The Morgan fingerprint density at radius 3 is 2.38 bits per heavy atom. The standard InChI is InChI=1S/C41H59N7O5/c1-27(2)20-22-43-37(50)33(24-29-25-44-31-16-10-9-15-30(29)31)46-39(52)35(17-11-12-21-42)48-36(49)19-18-32(45-26-41(3,4)5)38(51)47-34(40(48)53)23-28-13-7-6-8-14-28/h6-10,13-16,25,27,32-35,44-45H,11-12,17-24,26,42H2,1-5H3,(H,43,50)(H,46,52)(H,47,51)/t32-,33+,34-,35+/m1/s1. The molecule has 0 bridgehead atoms. The van der Waals surface area contributed by atoms with Crippen LogP contribution in [-0.4, -0.2) is 83.2 Å². The summed E-state index contributed by atoms with van der Waals surface area (Å²) in [5, 5.41) is 13.1. The molecule has 0 radical (unpaired) electrons. The molecule has 2 aromatic carbocycles. The van der Waals surface area contributed by atoms with Crippen molar-refractivity contribution in [2.24, 2.45) is 17.1 Å². The summed E-state index contributed by atoms with van der Waals surface area (Å²) in [5.74, 6) is -2.18. The first-order chi connectivity index (χ1) is 25.3.